The van der Waals surface area contributed by atoms with Crippen LogP contribution in [-0.2, 0) is 14.3 Å². The van der Waals surface area contributed by atoms with Gasteiger partial charge >= 0.3 is 5.97 Å². The van der Waals surface area contributed by atoms with Crippen LogP contribution < -0.4 is 5.32 Å². The molecule has 0 saturated carbocycles. The van der Waals surface area contributed by atoms with Crippen molar-refractivity contribution in [1.29, 1.82) is 0 Å². The molecule has 0 amide bonds. The van der Waals surface area contributed by atoms with Crippen LogP contribution in [0, 0.1) is 10.1 Å². The molecule has 0 aromatic heterocycles. The quantitative estimate of drug-likeness (QED) is 0.237. The van der Waals surface area contributed by atoms with Crippen molar-refractivity contribution in [3.05, 3.63) is 51.2 Å². The minimum atomic E-state index is -0.540. The maximum Gasteiger partial charge on any atom is 0.338 e. The van der Waals surface area contributed by atoms with Gasteiger partial charge in [0.25, 0.3) is 5.69 Å². The van der Waals surface area contributed by atoms with E-state index in [1.54, 1.807) is 12.1 Å². The van der Waals surface area contributed by atoms with Crippen molar-refractivity contribution in [3.8, 4) is 0 Å². The molecule has 2 rings (SSSR count). The van der Waals surface area contributed by atoms with E-state index in [4.69, 9.17) is 21.7 Å². The summed E-state index contributed by atoms with van der Waals surface area (Å²) in [7, 11) is 1.53. The first kappa shape index (κ1) is 20.8. The molecule has 0 saturated heterocycles. The molecule has 0 spiro atoms. The molecule has 9 heteroatoms. The number of nitrogens with one attached hydrogen (secondary N) is 1. The van der Waals surface area contributed by atoms with E-state index in [1.807, 2.05) is 18.7 Å². The lowest BCUT2D eigenvalue weighted by Gasteiger charge is -2.37. The van der Waals surface area contributed by atoms with Gasteiger partial charge in [0.1, 0.15) is 6.61 Å². The van der Waals surface area contributed by atoms with Gasteiger partial charge in [-0.1, -0.05) is 6.92 Å². The fourth-order valence-electron chi connectivity index (χ4n) is 2.87. The van der Waals surface area contributed by atoms with E-state index >= 15 is 0 Å². The summed E-state index contributed by atoms with van der Waals surface area (Å²) in [6.07, 6.45) is 0.855. The van der Waals surface area contributed by atoms with Crippen LogP contribution in [0.25, 0.3) is 0 Å². The number of rotatable bonds is 8. The Morgan fingerprint density at radius 2 is 2.00 bits per heavy atom. The summed E-state index contributed by atoms with van der Waals surface area (Å²) in [5, 5.41) is 14.6. The van der Waals surface area contributed by atoms with E-state index in [-0.39, 0.29) is 12.3 Å². The zero-order valence-electron chi connectivity index (χ0n) is 15.6. The lowest BCUT2D eigenvalue weighted by molar-refractivity contribution is -0.384. The van der Waals surface area contributed by atoms with Crippen molar-refractivity contribution < 1.29 is 19.2 Å². The molecule has 0 bridgehead atoms. The molecule has 1 aromatic carbocycles. The van der Waals surface area contributed by atoms with E-state index in [2.05, 4.69) is 5.32 Å². The molecule has 0 aliphatic carbocycles. The average molecular weight is 393 g/mol. The second-order valence-electron chi connectivity index (χ2n) is 6.01. The second kappa shape index (κ2) is 9.43. The maximum atomic E-state index is 12.7. The van der Waals surface area contributed by atoms with Crippen molar-refractivity contribution in [2.24, 2.45) is 0 Å². The van der Waals surface area contributed by atoms with Crippen LogP contribution in [0.3, 0.4) is 0 Å². The molecule has 27 heavy (non-hydrogen) atoms. The van der Waals surface area contributed by atoms with Crippen LogP contribution in [0.4, 0.5) is 5.69 Å². The number of carbonyl (C=O) groups is 1. The number of carbonyl (C=O) groups excluding carboxylic acids is 1. The van der Waals surface area contributed by atoms with Crippen LogP contribution in [0.5, 0.6) is 0 Å². The Morgan fingerprint density at radius 3 is 2.56 bits per heavy atom. The van der Waals surface area contributed by atoms with Crippen LogP contribution in [-0.4, -0.2) is 47.8 Å². The SMILES string of the molecule is CCCN1C(=S)N[C@H](c2ccc([N+](=O)[O-])cc2)C(C(=O)OCCOC)=C1C. The lowest BCUT2D eigenvalue weighted by atomic mass is 9.94. The number of methoxy groups -OCH3 is 1. The van der Waals surface area contributed by atoms with Gasteiger partial charge in [-0.15, -0.1) is 0 Å². The summed E-state index contributed by atoms with van der Waals surface area (Å²) in [5.41, 5.74) is 1.82. The summed E-state index contributed by atoms with van der Waals surface area (Å²) >= 11 is 5.46. The summed E-state index contributed by atoms with van der Waals surface area (Å²) in [6, 6.07) is 5.50. The van der Waals surface area contributed by atoms with Crippen molar-refractivity contribution in [2.75, 3.05) is 26.9 Å². The number of thiocarbonyl (C=S) groups is 1. The van der Waals surface area contributed by atoms with Crippen LogP contribution in [0.15, 0.2) is 35.5 Å². The third kappa shape index (κ3) is 4.81. The highest BCUT2D eigenvalue weighted by molar-refractivity contribution is 7.80. The average Bonchev–Trinajstić information content (AvgIpc) is 2.64. The molecule has 1 N–H and O–H groups in total. The third-order valence-electron chi connectivity index (χ3n) is 4.22. The van der Waals surface area contributed by atoms with Gasteiger partial charge in [0.05, 0.1) is 23.1 Å². The molecule has 0 fully saturated rings. The Balaban J connectivity index is 2.41. The summed E-state index contributed by atoms with van der Waals surface area (Å²) < 4.78 is 10.3. The number of benzene rings is 1. The van der Waals surface area contributed by atoms with Gasteiger partial charge < -0.3 is 19.7 Å². The van der Waals surface area contributed by atoms with Crippen molar-refractivity contribution in [1.82, 2.24) is 10.2 Å². The highest BCUT2D eigenvalue weighted by Crippen LogP contribution is 2.32. The molecular formula is C18H23N3O5S. The predicted molar refractivity (Wildman–Crippen MR) is 104 cm³/mol. The largest absolute Gasteiger partial charge is 0.460 e. The Kier molecular flexibility index (Phi) is 7.26. The molecule has 1 aromatic rings. The van der Waals surface area contributed by atoms with E-state index in [1.165, 1.54) is 19.2 Å². The minimum absolute atomic E-state index is 0.0188. The standard InChI is InChI=1S/C18H23N3O5S/c1-4-9-20-12(2)15(17(22)26-11-10-25-3)16(19-18(20)27)13-5-7-14(8-6-13)21(23)24/h5-8,16H,4,9-11H2,1-3H3,(H,19,27)/t16-/m1/s1. The number of allylic oxidation sites excluding steroid dienone is 1. The number of esters is 1. The Labute approximate surface area is 163 Å². The fourth-order valence-corrected chi connectivity index (χ4v) is 3.22. The molecule has 1 atom stereocenters. The minimum Gasteiger partial charge on any atom is -0.460 e. The molecule has 146 valence electrons. The van der Waals surface area contributed by atoms with Gasteiger partial charge in [-0.05, 0) is 43.3 Å². The zero-order chi connectivity index (χ0) is 20.0. The van der Waals surface area contributed by atoms with E-state index in [9.17, 15) is 14.9 Å². The Hall–Kier alpha value is -2.52. The van der Waals surface area contributed by atoms with Gasteiger partial charge in [-0.2, -0.15) is 0 Å². The molecule has 1 aliphatic rings. The number of non-ortho nitro benzene ring substituents is 1. The smallest absolute Gasteiger partial charge is 0.338 e. The summed E-state index contributed by atoms with van der Waals surface area (Å²) in [4.78, 5) is 25.0. The second-order valence-corrected chi connectivity index (χ2v) is 6.40. The Morgan fingerprint density at radius 1 is 1.33 bits per heavy atom. The van der Waals surface area contributed by atoms with Gasteiger partial charge in [0.2, 0.25) is 0 Å². The summed E-state index contributed by atoms with van der Waals surface area (Å²) in [6.45, 7) is 4.95. The number of hydrogen-bond donors (Lipinski definition) is 1. The number of nitrogens with zero attached hydrogens (tertiary/aromatic N) is 2. The summed E-state index contributed by atoms with van der Waals surface area (Å²) in [5.74, 6) is -0.469. The van der Waals surface area contributed by atoms with Crippen LogP contribution in [0.1, 0.15) is 31.9 Å². The van der Waals surface area contributed by atoms with Crippen LogP contribution in [0.2, 0.25) is 0 Å². The van der Waals surface area contributed by atoms with Crippen molar-refractivity contribution in [2.45, 2.75) is 26.3 Å². The predicted octanol–water partition coefficient (Wildman–Crippen LogP) is 2.70. The number of nitro benzene ring substituents is 1. The fraction of sp³-hybridized carbons (Fsp3) is 0.444. The van der Waals surface area contributed by atoms with E-state index < -0.39 is 16.9 Å². The molecular weight excluding hydrogens is 370 g/mol. The molecule has 1 heterocycles. The van der Waals surface area contributed by atoms with E-state index in [0.29, 0.717) is 35.1 Å². The number of nitro groups is 1. The molecule has 0 radical (unpaired) electrons. The van der Waals surface area contributed by atoms with Gasteiger partial charge in [-0.25, -0.2) is 4.79 Å². The maximum absolute atomic E-state index is 12.7. The monoisotopic (exact) mass is 393 g/mol. The van der Waals surface area contributed by atoms with E-state index in [0.717, 1.165) is 6.42 Å². The first-order valence-corrected chi connectivity index (χ1v) is 9.00. The number of hydrogen-bond acceptors (Lipinski definition) is 6. The first-order valence-electron chi connectivity index (χ1n) is 8.59. The van der Waals surface area contributed by atoms with Gasteiger partial charge in [0, 0.05) is 31.5 Å². The zero-order valence-corrected chi connectivity index (χ0v) is 16.4. The van der Waals surface area contributed by atoms with Gasteiger partial charge in [-0.3, -0.25) is 10.1 Å². The van der Waals surface area contributed by atoms with Crippen molar-refractivity contribution in [3.63, 3.8) is 0 Å². The lowest BCUT2D eigenvalue weighted by Crippen LogP contribution is -2.48. The molecule has 8 nitrogen and oxygen atoms in total. The third-order valence-corrected chi connectivity index (χ3v) is 4.56. The highest BCUT2D eigenvalue weighted by Gasteiger charge is 2.34. The van der Waals surface area contributed by atoms with Gasteiger partial charge in [0.15, 0.2) is 5.11 Å². The Bertz CT molecular complexity index is 748. The molecule has 1 aliphatic heterocycles. The van der Waals surface area contributed by atoms with Crippen molar-refractivity contribution >= 4 is 29.0 Å². The topological polar surface area (TPSA) is 93.9 Å². The number of ether oxygens (including phenoxy) is 2. The molecule has 0 unspecified atom stereocenters. The van der Waals surface area contributed by atoms with Crippen LogP contribution >= 0.6 is 12.2 Å². The normalized spacial score (nSPS) is 16.9. The highest BCUT2D eigenvalue weighted by atomic mass is 32.1. The first-order chi connectivity index (χ1) is 12.9.